The highest BCUT2D eigenvalue weighted by atomic mass is 16.5. The number of benzene rings is 2. The van der Waals surface area contributed by atoms with Crippen LogP contribution in [0.5, 0.6) is 5.75 Å². The molecule has 1 fully saturated rings. The number of carbonyl (C=O) groups excluding carboxylic acids is 1. The summed E-state index contributed by atoms with van der Waals surface area (Å²) in [5.74, 6) is 0.601. The fraction of sp³-hybridized carbons (Fsp3) is 0.393. The number of rotatable bonds is 8. The number of phenolic OH excluding ortho intramolecular Hbond substituents is 1. The van der Waals surface area contributed by atoms with Gasteiger partial charge in [-0.25, -0.2) is 4.99 Å². The van der Waals surface area contributed by atoms with Gasteiger partial charge in [-0.1, -0.05) is 30.8 Å². The maximum absolute atomic E-state index is 12.0. The van der Waals surface area contributed by atoms with Gasteiger partial charge in [0.15, 0.2) is 6.40 Å². The van der Waals surface area contributed by atoms with Crippen LogP contribution in [-0.2, 0) is 9.53 Å². The Labute approximate surface area is 218 Å². The van der Waals surface area contributed by atoms with E-state index in [0.29, 0.717) is 58.1 Å². The van der Waals surface area contributed by atoms with Crippen molar-refractivity contribution in [2.45, 2.75) is 6.42 Å². The molecule has 2 N–H and O–H groups in total. The molecule has 2 aliphatic rings. The third-order valence-corrected chi connectivity index (χ3v) is 6.79. The predicted octanol–water partition coefficient (Wildman–Crippen LogP) is 2.92. The minimum Gasteiger partial charge on any atom is -0.508 e. The molecule has 4 rings (SSSR count). The Kier molecular flexibility index (Phi) is 8.45. The standard InChI is InChI=1S/C28H36N6O3/c1-4-27(36)32-11-13-33(14-12-32)28(29)24-9-10-34(19-25(24)30-20-37-16-15-31(2)3)26-18-22(35)17-21-7-5-6-8-23(21)26/h4-8,17-18,20,29,35H,1,9-16,19H2,2-3H3. The quantitative estimate of drug-likeness (QED) is 0.248. The first-order chi connectivity index (χ1) is 17.9. The Hall–Kier alpha value is -3.85. The van der Waals surface area contributed by atoms with Gasteiger partial charge in [-0.3, -0.25) is 10.2 Å². The molecule has 2 aromatic carbocycles. The smallest absolute Gasteiger partial charge is 0.246 e. The predicted molar refractivity (Wildman–Crippen MR) is 149 cm³/mol. The molecule has 2 aliphatic heterocycles. The van der Waals surface area contributed by atoms with E-state index >= 15 is 0 Å². The Balaban J connectivity index is 1.58. The van der Waals surface area contributed by atoms with Gasteiger partial charge in [0.1, 0.15) is 18.2 Å². The number of likely N-dealkylation sites (N-methyl/N-ethyl adjacent to an activating group) is 1. The molecule has 1 amide bonds. The van der Waals surface area contributed by atoms with Crippen LogP contribution in [-0.4, -0.2) is 104 Å². The zero-order valence-electron chi connectivity index (χ0n) is 21.7. The molecule has 0 bridgehead atoms. The molecule has 0 radical (unpaired) electrons. The number of amides is 1. The van der Waals surface area contributed by atoms with Crippen molar-refractivity contribution in [1.29, 1.82) is 5.41 Å². The fourth-order valence-electron chi connectivity index (χ4n) is 4.72. The van der Waals surface area contributed by atoms with Gasteiger partial charge in [0.25, 0.3) is 0 Å². The number of aliphatic imine (C=N–C) groups is 1. The van der Waals surface area contributed by atoms with Crippen molar-refractivity contribution in [3.63, 3.8) is 0 Å². The second-order valence-corrected chi connectivity index (χ2v) is 9.56. The minimum atomic E-state index is -0.0720. The van der Waals surface area contributed by atoms with E-state index in [-0.39, 0.29) is 11.7 Å². The first-order valence-electron chi connectivity index (χ1n) is 12.6. The summed E-state index contributed by atoms with van der Waals surface area (Å²) in [5, 5.41) is 21.4. The molecule has 0 atom stereocenters. The first kappa shape index (κ1) is 26.2. The number of hydrogen-bond donors (Lipinski definition) is 2. The van der Waals surface area contributed by atoms with E-state index in [1.807, 2.05) is 42.1 Å². The van der Waals surface area contributed by atoms with Gasteiger partial charge in [0.2, 0.25) is 5.91 Å². The van der Waals surface area contributed by atoms with Crippen LogP contribution in [0.15, 0.2) is 65.3 Å². The highest BCUT2D eigenvalue weighted by Crippen LogP contribution is 2.34. The molecule has 0 spiro atoms. The number of ether oxygens (including phenoxy) is 1. The Morgan fingerprint density at radius 2 is 1.89 bits per heavy atom. The molecule has 196 valence electrons. The number of piperazine rings is 1. The summed E-state index contributed by atoms with van der Waals surface area (Å²) in [4.78, 5) is 24.7. The van der Waals surface area contributed by atoms with Crippen LogP contribution in [0.4, 0.5) is 5.69 Å². The average molecular weight is 505 g/mol. The van der Waals surface area contributed by atoms with Crippen molar-refractivity contribution in [2.24, 2.45) is 4.99 Å². The number of anilines is 1. The summed E-state index contributed by atoms with van der Waals surface area (Å²) >= 11 is 0. The van der Waals surface area contributed by atoms with Crippen LogP contribution < -0.4 is 4.90 Å². The number of amidine groups is 1. The Morgan fingerprint density at radius 3 is 2.62 bits per heavy atom. The van der Waals surface area contributed by atoms with Gasteiger partial charge in [0, 0.05) is 62.0 Å². The van der Waals surface area contributed by atoms with Crippen LogP contribution in [0.3, 0.4) is 0 Å². The highest BCUT2D eigenvalue weighted by Gasteiger charge is 2.28. The third kappa shape index (κ3) is 6.29. The summed E-state index contributed by atoms with van der Waals surface area (Å²) in [6.45, 7) is 8.39. The molecule has 2 aromatic rings. The zero-order chi connectivity index (χ0) is 26.4. The fourth-order valence-corrected chi connectivity index (χ4v) is 4.72. The van der Waals surface area contributed by atoms with E-state index in [9.17, 15) is 9.90 Å². The number of hydrogen-bond acceptors (Lipinski definition) is 7. The molecule has 1 saturated heterocycles. The average Bonchev–Trinajstić information content (AvgIpc) is 2.91. The van der Waals surface area contributed by atoms with Crippen molar-refractivity contribution in [1.82, 2.24) is 14.7 Å². The molecule has 9 nitrogen and oxygen atoms in total. The summed E-state index contributed by atoms with van der Waals surface area (Å²) in [6, 6.07) is 11.6. The Bertz CT molecular complexity index is 1210. The number of nitrogens with zero attached hydrogens (tertiary/aromatic N) is 5. The lowest BCUT2D eigenvalue weighted by Crippen LogP contribution is -2.51. The molecular weight excluding hydrogens is 468 g/mol. The van der Waals surface area contributed by atoms with Gasteiger partial charge in [-0.05, 0) is 38.0 Å². The first-order valence-corrected chi connectivity index (χ1v) is 12.6. The lowest BCUT2D eigenvalue weighted by Gasteiger charge is -2.38. The van der Waals surface area contributed by atoms with E-state index in [0.717, 1.165) is 34.3 Å². The van der Waals surface area contributed by atoms with Gasteiger partial charge in [-0.15, -0.1) is 0 Å². The normalized spacial score (nSPS) is 16.7. The highest BCUT2D eigenvalue weighted by molar-refractivity contribution is 5.99. The largest absolute Gasteiger partial charge is 0.508 e. The minimum absolute atomic E-state index is 0.0720. The van der Waals surface area contributed by atoms with E-state index in [1.165, 1.54) is 12.5 Å². The molecule has 0 unspecified atom stereocenters. The second-order valence-electron chi connectivity index (χ2n) is 9.56. The van der Waals surface area contributed by atoms with Gasteiger partial charge < -0.3 is 29.4 Å². The number of aromatic hydroxyl groups is 1. The maximum atomic E-state index is 12.0. The summed E-state index contributed by atoms with van der Waals surface area (Å²) in [6.07, 6.45) is 3.46. The molecule has 9 heteroatoms. The van der Waals surface area contributed by atoms with Crippen molar-refractivity contribution in [3.8, 4) is 5.75 Å². The van der Waals surface area contributed by atoms with Crippen LogP contribution in [0.25, 0.3) is 10.8 Å². The van der Waals surface area contributed by atoms with Crippen LogP contribution >= 0.6 is 0 Å². The zero-order valence-corrected chi connectivity index (χ0v) is 21.7. The molecule has 37 heavy (non-hydrogen) atoms. The molecule has 0 aromatic heterocycles. The van der Waals surface area contributed by atoms with Crippen LogP contribution in [0.2, 0.25) is 0 Å². The Morgan fingerprint density at radius 1 is 1.16 bits per heavy atom. The van der Waals surface area contributed by atoms with Crippen molar-refractivity contribution >= 4 is 34.6 Å². The number of phenols is 1. The monoisotopic (exact) mass is 504 g/mol. The van der Waals surface area contributed by atoms with E-state index in [1.54, 1.807) is 17.0 Å². The lowest BCUT2D eigenvalue weighted by molar-refractivity contribution is -0.127. The van der Waals surface area contributed by atoms with E-state index < -0.39 is 0 Å². The number of nitrogens with one attached hydrogen (secondary N) is 1. The summed E-state index contributed by atoms with van der Waals surface area (Å²) in [7, 11) is 3.98. The van der Waals surface area contributed by atoms with Crippen molar-refractivity contribution in [2.75, 3.05) is 71.4 Å². The van der Waals surface area contributed by atoms with Gasteiger partial charge >= 0.3 is 0 Å². The van der Waals surface area contributed by atoms with Gasteiger partial charge in [-0.2, -0.15) is 0 Å². The molecule has 0 aliphatic carbocycles. The van der Waals surface area contributed by atoms with Gasteiger partial charge in [0.05, 0.1) is 12.2 Å². The second kappa shape index (κ2) is 11.9. The summed E-state index contributed by atoms with van der Waals surface area (Å²) in [5.41, 5.74) is 2.61. The van der Waals surface area contributed by atoms with E-state index in [2.05, 4.69) is 22.5 Å². The molecular formula is C28H36N6O3. The summed E-state index contributed by atoms with van der Waals surface area (Å²) < 4.78 is 5.64. The third-order valence-electron chi connectivity index (χ3n) is 6.79. The molecule has 0 saturated carbocycles. The number of carbonyl (C=O) groups is 1. The van der Waals surface area contributed by atoms with E-state index in [4.69, 9.17) is 10.1 Å². The SMILES string of the molecule is C=CC(=O)N1CCN(C(=N)C2=C(N=COCCN(C)C)CN(c3cc(O)cc4ccccc34)CC2)CC1. The van der Waals surface area contributed by atoms with Crippen LogP contribution in [0, 0.1) is 5.41 Å². The molecule has 2 heterocycles. The number of fused-ring (bicyclic) bond motifs is 1. The van der Waals surface area contributed by atoms with Crippen LogP contribution in [0.1, 0.15) is 6.42 Å². The van der Waals surface area contributed by atoms with Crippen molar-refractivity contribution < 1.29 is 14.6 Å². The lowest BCUT2D eigenvalue weighted by atomic mass is 10.0. The maximum Gasteiger partial charge on any atom is 0.246 e. The topological polar surface area (TPSA) is 95.7 Å². The van der Waals surface area contributed by atoms with Crippen molar-refractivity contribution in [3.05, 3.63) is 60.3 Å².